The number of pyridine rings is 1. The van der Waals surface area contributed by atoms with Crippen LogP contribution in [0.3, 0.4) is 0 Å². The lowest BCUT2D eigenvalue weighted by molar-refractivity contribution is 0.0601. The average molecular weight is 278 g/mol. The molecule has 2 atom stereocenters. The minimum absolute atomic E-state index is 0.0160. The summed E-state index contributed by atoms with van der Waals surface area (Å²) in [4.78, 5) is 18.4. The van der Waals surface area contributed by atoms with Crippen LogP contribution in [0.15, 0.2) is 18.5 Å². The van der Waals surface area contributed by atoms with Gasteiger partial charge in [0.25, 0.3) is 5.91 Å². The van der Waals surface area contributed by atoms with Crippen molar-refractivity contribution in [3.63, 3.8) is 0 Å². The highest BCUT2D eigenvalue weighted by Gasteiger charge is 2.30. The lowest BCUT2D eigenvalue weighted by atomic mass is 10.1. The molecule has 0 spiro atoms. The van der Waals surface area contributed by atoms with E-state index in [-0.39, 0.29) is 17.7 Å². The highest BCUT2D eigenvalue weighted by atomic mass is 16.5. The summed E-state index contributed by atoms with van der Waals surface area (Å²) in [7, 11) is 1.63. The van der Waals surface area contributed by atoms with Gasteiger partial charge in [0.05, 0.1) is 18.4 Å². The van der Waals surface area contributed by atoms with Gasteiger partial charge in [0, 0.05) is 25.9 Å². The molecule has 1 aromatic rings. The Bertz CT molecular complexity index is 464. The lowest BCUT2D eigenvalue weighted by Gasteiger charge is -2.29. The topological polar surface area (TPSA) is 62.7 Å². The summed E-state index contributed by atoms with van der Waals surface area (Å²) in [5.74, 6) is 0.590. The fourth-order valence-corrected chi connectivity index (χ4v) is 2.81. The maximum atomic E-state index is 12.6. The maximum Gasteiger partial charge on any atom is 0.255 e. The predicted molar refractivity (Wildman–Crippen MR) is 75.6 cm³/mol. The second-order valence-corrected chi connectivity index (χ2v) is 5.50. The number of hydrogen-bond acceptors (Lipinski definition) is 4. The van der Waals surface area contributed by atoms with Crippen molar-refractivity contribution in [3.05, 3.63) is 24.0 Å². The highest BCUT2D eigenvalue weighted by molar-refractivity contribution is 5.94. The highest BCUT2D eigenvalue weighted by Crippen LogP contribution is 2.29. The molecule has 0 bridgehead atoms. The van der Waals surface area contributed by atoms with E-state index < -0.39 is 0 Å². The number of methoxy groups -OCH3 is 1. The number of hydrogen-bond donors (Lipinski definition) is 1. The zero-order chi connectivity index (χ0) is 14.5. The van der Waals surface area contributed by atoms with Gasteiger partial charge in [0.15, 0.2) is 0 Å². The van der Waals surface area contributed by atoms with Crippen LogP contribution < -0.4 is 0 Å². The minimum atomic E-state index is -0.0791. The smallest absolute Gasteiger partial charge is 0.255 e. The molecule has 1 fully saturated rings. The normalized spacial score (nSPS) is 21.9. The molecule has 0 aliphatic heterocycles. The number of nitrogens with zero attached hydrogens (tertiary/aromatic N) is 2. The fraction of sp³-hybridized carbons (Fsp3) is 0.600. The minimum Gasteiger partial charge on any atom is -0.506 e. The molecule has 1 aliphatic rings. The first-order valence-electron chi connectivity index (χ1n) is 7.05. The first-order valence-corrected chi connectivity index (χ1v) is 7.05. The molecule has 1 N–H and O–H groups in total. The van der Waals surface area contributed by atoms with Gasteiger partial charge in [-0.05, 0) is 31.2 Å². The van der Waals surface area contributed by atoms with Crippen molar-refractivity contribution in [3.8, 4) is 5.75 Å². The van der Waals surface area contributed by atoms with Crippen LogP contribution in [0, 0.1) is 5.92 Å². The van der Waals surface area contributed by atoms with Crippen LogP contribution in [0.25, 0.3) is 0 Å². The lowest BCUT2D eigenvalue weighted by Crippen LogP contribution is -2.41. The van der Waals surface area contributed by atoms with Gasteiger partial charge in [-0.15, -0.1) is 0 Å². The third-order valence-corrected chi connectivity index (χ3v) is 3.88. The SMILES string of the molecule is COCCN(C(=O)c1cncc(O)c1)C1CCC(C)C1. The van der Waals surface area contributed by atoms with Crippen molar-refractivity contribution in [1.29, 1.82) is 0 Å². The van der Waals surface area contributed by atoms with E-state index in [1.807, 2.05) is 4.90 Å². The standard InChI is InChI=1S/C15H22N2O3/c1-11-3-4-13(7-11)17(5-6-20-2)15(19)12-8-14(18)10-16-9-12/h8-11,13,18H,3-7H2,1-2H3. The van der Waals surface area contributed by atoms with Crippen LogP contribution in [0.4, 0.5) is 0 Å². The summed E-state index contributed by atoms with van der Waals surface area (Å²) in [6.45, 7) is 3.31. The predicted octanol–water partition coefficient (Wildman–Crippen LogP) is 2.06. The van der Waals surface area contributed by atoms with E-state index >= 15 is 0 Å². The Kier molecular flexibility index (Phi) is 4.95. The molecular formula is C15H22N2O3. The van der Waals surface area contributed by atoms with Gasteiger partial charge in [-0.2, -0.15) is 0 Å². The number of rotatable bonds is 5. The summed E-state index contributed by atoms with van der Waals surface area (Å²) in [6.07, 6.45) is 6.04. The molecule has 1 aliphatic carbocycles. The summed E-state index contributed by atoms with van der Waals surface area (Å²) >= 11 is 0. The summed E-state index contributed by atoms with van der Waals surface area (Å²) in [5.41, 5.74) is 0.431. The van der Waals surface area contributed by atoms with Crippen LogP contribution in [0.1, 0.15) is 36.5 Å². The largest absolute Gasteiger partial charge is 0.506 e. The third-order valence-electron chi connectivity index (χ3n) is 3.88. The Labute approximate surface area is 119 Å². The maximum absolute atomic E-state index is 12.6. The Morgan fingerprint density at radius 1 is 1.50 bits per heavy atom. The zero-order valence-electron chi connectivity index (χ0n) is 12.1. The van der Waals surface area contributed by atoms with Gasteiger partial charge in [-0.3, -0.25) is 9.78 Å². The zero-order valence-corrected chi connectivity index (χ0v) is 12.1. The summed E-state index contributed by atoms with van der Waals surface area (Å²) < 4.78 is 5.11. The molecule has 20 heavy (non-hydrogen) atoms. The Balaban J connectivity index is 2.15. The quantitative estimate of drug-likeness (QED) is 0.895. The van der Waals surface area contributed by atoms with Crippen LogP contribution in [-0.4, -0.2) is 47.2 Å². The molecule has 1 saturated carbocycles. The second kappa shape index (κ2) is 6.70. The Morgan fingerprint density at radius 2 is 2.30 bits per heavy atom. The van der Waals surface area contributed by atoms with E-state index in [1.165, 1.54) is 18.5 Å². The first-order chi connectivity index (χ1) is 9.61. The number of aromatic hydroxyl groups is 1. The molecule has 1 aromatic heterocycles. The average Bonchev–Trinajstić information content (AvgIpc) is 2.85. The Morgan fingerprint density at radius 3 is 2.90 bits per heavy atom. The van der Waals surface area contributed by atoms with Crippen molar-refractivity contribution in [2.24, 2.45) is 5.92 Å². The molecule has 0 saturated heterocycles. The molecule has 0 radical (unpaired) electrons. The number of amides is 1. The molecular weight excluding hydrogens is 256 g/mol. The molecule has 110 valence electrons. The molecule has 5 nitrogen and oxygen atoms in total. The third kappa shape index (κ3) is 3.48. The van der Waals surface area contributed by atoms with E-state index in [1.54, 1.807) is 7.11 Å². The fourth-order valence-electron chi connectivity index (χ4n) is 2.81. The van der Waals surface area contributed by atoms with Gasteiger partial charge < -0.3 is 14.7 Å². The Hall–Kier alpha value is -1.62. The van der Waals surface area contributed by atoms with E-state index in [9.17, 15) is 9.90 Å². The van der Waals surface area contributed by atoms with Crippen molar-refractivity contribution in [2.75, 3.05) is 20.3 Å². The van der Waals surface area contributed by atoms with Gasteiger partial charge in [0.1, 0.15) is 5.75 Å². The van der Waals surface area contributed by atoms with Gasteiger partial charge in [0.2, 0.25) is 0 Å². The number of ether oxygens (including phenoxy) is 1. The monoisotopic (exact) mass is 278 g/mol. The van der Waals surface area contributed by atoms with E-state index in [4.69, 9.17) is 4.74 Å². The van der Waals surface area contributed by atoms with Crippen LogP contribution >= 0.6 is 0 Å². The van der Waals surface area contributed by atoms with Crippen molar-refractivity contribution in [2.45, 2.75) is 32.2 Å². The van der Waals surface area contributed by atoms with E-state index in [0.717, 1.165) is 19.3 Å². The van der Waals surface area contributed by atoms with Crippen molar-refractivity contribution < 1.29 is 14.6 Å². The van der Waals surface area contributed by atoms with Crippen LogP contribution in [0.2, 0.25) is 0 Å². The van der Waals surface area contributed by atoms with Gasteiger partial charge in [-0.25, -0.2) is 0 Å². The number of carbonyl (C=O) groups excluding carboxylic acids is 1. The molecule has 2 unspecified atom stereocenters. The van der Waals surface area contributed by atoms with Crippen molar-refractivity contribution in [1.82, 2.24) is 9.88 Å². The van der Waals surface area contributed by atoms with E-state index in [0.29, 0.717) is 24.6 Å². The molecule has 2 rings (SSSR count). The van der Waals surface area contributed by atoms with Gasteiger partial charge in [-0.1, -0.05) is 6.92 Å². The van der Waals surface area contributed by atoms with Gasteiger partial charge >= 0.3 is 0 Å². The molecule has 1 heterocycles. The number of carbonyl (C=O) groups is 1. The number of aromatic nitrogens is 1. The molecule has 5 heteroatoms. The van der Waals surface area contributed by atoms with E-state index in [2.05, 4.69) is 11.9 Å². The van der Waals surface area contributed by atoms with Crippen molar-refractivity contribution >= 4 is 5.91 Å². The summed E-state index contributed by atoms with van der Waals surface area (Å²) in [5, 5.41) is 9.47. The first kappa shape index (κ1) is 14.8. The van der Waals surface area contributed by atoms with Crippen LogP contribution in [0.5, 0.6) is 5.75 Å². The summed E-state index contributed by atoms with van der Waals surface area (Å²) in [6, 6.07) is 1.73. The molecule has 1 amide bonds. The van der Waals surface area contributed by atoms with Crippen LogP contribution in [-0.2, 0) is 4.74 Å². The molecule has 0 aromatic carbocycles. The second-order valence-electron chi connectivity index (χ2n) is 5.50.